The number of pyridine rings is 3. The van der Waals surface area contributed by atoms with E-state index in [1.54, 1.807) is 18.3 Å². The largest absolute Gasteiger partial charge is 0.365 e. The molecule has 4 heterocycles. The third kappa shape index (κ3) is 4.45. The average Bonchev–Trinajstić information content (AvgIpc) is 3.05. The normalized spacial score (nSPS) is 17.5. The first-order chi connectivity index (χ1) is 16.0. The van der Waals surface area contributed by atoms with Gasteiger partial charge in [0, 0.05) is 24.5 Å². The molecule has 34 heavy (non-hydrogen) atoms. The number of nitrogens with two attached hydrogens (primary N) is 1. The maximum absolute atomic E-state index is 13.7. The highest BCUT2D eigenvalue weighted by atomic mass is 32.2. The lowest BCUT2D eigenvalue weighted by atomic mass is 9.97. The Morgan fingerprint density at radius 2 is 1.88 bits per heavy atom. The maximum Gasteiger partial charge on any atom is 0.253 e. The fourth-order valence-electron chi connectivity index (χ4n) is 4.54. The average molecular weight is 481 g/mol. The summed E-state index contributed by atoms with van der Waals surface area (Å²) in [5, 5.41) is 2.81. The molecule has 1 aliphatic heterocycles. The van der Waals surface area contributed by atoms with Crippen LogP contribution in [0.2, 0.25) is 0 Å². The summed E-state index contributed by atoms with van der Waals surface area (Å²) in [5.41, 5.74) is 6.29. The van der Waals surface area contributed by atoms with Gasteiger partial charge in [0.25, 0.3) is 5.91 Å². The predicted octanol–water partition coefficient (Wildman–Crippen LogP) is 3.48. The van der Waals surface area contributed by atoms with Crippen molar-refractivity contribution in [3.63, 3.8) is 0 Å². The fourth-order valence-corrected chi connectivity index (χ4v) is 5.94. The molecule has 10 heteroatoms. The van der Waals surface area contributed by atoms with Gasteiger partial charge in [-0.15, -0.1) is 0 Å². The summed E-state index contributed by atoms with van der Waals surface area (Å²) in [5.74, 6) is 0.633. The van der Waals surface area contributed by atoms with Gasteiger partial charge < -0.3 is 16.0 Å². The Bertz CT molecular complexity index is 1360. The molecule has 3 N–H and O–H groups in total. The minimum absolute atomic E-state index is 0.120. The van der Waals surface area contributed by atoms with Gasteiger partial charge in [0.2, 0.25) is 9.84 Å². The molecule has 0 spiro atoms. The number of carbonyl (C=O) groups is 1. The van der Waals surface area contributed by atoms with Crippen molar-refractivity contribution in [2.45, 2.75) is 49.6 Å². The van der Waals surface area contributed by atoms with Crippen LogP contribution in [0.1, 0.15) is 43.1 Å². The van der Waals surface area contributed by atoms with Crippen molar-refractivity contribution in [3.8, 4) is 0 Å². The van der Waals surface area contributed by atoms with Gasteiger partial charge in [-0.25, -0.2) is 23.4 Å². The number of anilines is 3. The van der Waals surface area contributed by atoms with Crippen LogP contribution in [-0.4, -0.2) is 41.4 Å². The van der Waals surface area contributed by atoms with E-state index in [2.05, 4.69) is 27.2 Å². The number of rotatable bonds is 6. The fraction of sp³-hybridized carbons (Fsp3) is 0.333. The number of hydrogen-bond donors (Lipinski definition) is 2. The van der Waals surface area contributed by atoms with Crippen molar-refractivity contribution >= 4 is 33.2 Å². The van der Waals surface area contributed by atoms with E-state index in [0.29, 0.717) is 24.1 Å². The Morgan fingerprint density at radius 3 is 2.53 bits per heavy atom. The molecule has 0 aromatic carbocycles. The van der Waals surface area contributed by atoms with Gasteiger partial charge in [0.1, 0.15) is 23.0 Å². The van der Waals surface area contributed by atoms with E-state index in [1.165, 1.54) is 18.3 Å². The second-order valence-electron chi connectivity index (χ2n) is 9.31. The molecule has 1 saturated heterocycles. The number of aromatic nitrogens is 3. The molecule has 1 aliphatic rings. The van der Waals surface area contributed by atoms with Crippen molar-refractivity contribution in [2.75, 3.05) is 16.8 Å². The second-order valence-corrected chi connectivity index (χ2v) is 11.2. The Balaban J connectivity index is 1.78. The highest BCUT2D eigenvalue weighted by Crippen LogP contribution is 2.39. The summed E-state index contributed by atoms with van der Waals surface area (Å²) in [4.78, 5) is 27.2. The zero-order chi connectivity index (χ0) is 24.7. The number of aryl methyl sites for hydroxylation is 1. The number of hydrogen-bond acceptors (Lipinski definition) is 8. The van der Waals surface area contributed by atoms with Gasteiger partial charge in [-0.05, 0) is 69.0 Å². The maximum atomic E-state index is 13.7. The molecule has 1 unspecified atom stereocenters. The first-order valence-corrected chi connectivity index (χ1v) is 12.5. The van der Waals surface area contributed by atoms with Crippen LogP contribution in [0.4, 0.5) is 17.5 Å². The van der Waals surface area contributed by atoms with Crippen LogP contribution in [0, 0.1) is 12.8 Å². The molecular formula is C24H28N6O3S. The number of sulfone groups is 1. The van der Waals surface area contributed by atoms with Crippen LogP contribution in [0.3, 0.4) is 0 Å². The number of amides is 1. The molecule has 1 fully saturated rings. The summed E-state index contributed by atoms with van der Waals surface area (Å²) >= 11 is 0. The molecular weight excluding hydrogens is 452 g/mol. The number of nitrogens with zero attached hydrogens (tertiary/aromatic N) is 4. The molecule has 4 rings (SSSR count). The Hall–Kier alpha value is -3.53. The molecule has 1 atom stereocenters. The molecule has 1 amide bonds. The molecule has 3 aromatic heterocycles. The first kappa shape index (κ1) is 23.6. The molecule has 178 valence electrons. The van der Waals surface area contributed by atoms with Crippen LogP contribution in [-0.2, 0) is 9.84 Å². The second kappa shape index (κ2) is 8.68. The zero-order valence-corrected chi connectivity index (χ0v) is 20.4. The number of primary amides is 1. The van der Waals surface area contributed by atoms with Crippen LogP contribution in [0.15, 0.2) is 58.7 Å². The zero-order valence-electron chi connectivity index (χ0n) is 19.6. The van der Waals surface area contributed by atoms with Crippen LogP contribution < -0.4 is 16.0 Å². The van der Waals surface area contributed by atoms with Crippen molar-refractivity contribution in [2.24, 2.45) is 11.7 Å². The minimum Gasteiger partial charge on any atom is -0.365 e. The van der Waals surface area contributed by atoms with Gasteiger partial charge in [-0.3, -0.25) is 4.79 Å². The summed E-state index contributed by atoms with van der Waals surface area (Å²) in [6.45, 7) is 8.76. The molecule has 0 bridgehead atoms. The van der Waals surface area contributed by atoms with Gasteiger partial charge in [0.05, 0.1) is 4.90 Å². The van der Waals surface area contributed by atoms with E-state index in [-0.39, 0.29) is 26.8 Å². The van der Waals surface area contributed by atoms with Crippen molar-refractivity contribution in [1.82, 2.24) is 15.0 Å². The summed E-state index contributed by atoms with van der Waals surface area (Å²) in [6.07, 6.45) is 3.93. The Labute approximate surface area is 199 Å². The minimum atomic E-state index is -4.18. The van der Waals surface area contributed by atoms with Crippen LogP contribution in [0.25, 0.3) is 0 Å². The van der Waals surface area contributed by atoms with Gasteiger partial charge in [-0.1, -0.05) is 13.0 Å². The van der Waals surface area contributed by atoms with E-state index in [4.69, 9.17) is 5.73 Å². The first-order valence-electron chi connectivity index (χ1n) is 11.0. The Morgan fingerprint density at radius 1 is 1.15 bits per heavy atom. The lowest BCUT2D eigenvalue weighted by molar-refractivity contribution is 0.0997. The van der Waals surface area contributed by atoms with E-state index < -0.39 is 15.7 Å². The van der Waals surface area contributed by atoms with Crippen molar-refractivity contribution in [1.29, 1.82) is 0 Å². The molecule has 0 saturated carbocycles. The smallest absolute Gasteiger partial charge is 0.253 e. The predicted molar refractivity (Wildman–Crippen MR) is 130 cm³/mol. The summed E-state index contributed by atoms with van der Waals surface area (Å²) < 4.78 is 27.3. The van der Waals surface area contributed by atoms with E-state index in [9.17, 15) is 13.2 Å². The molecule has 3 aromatic rings. The van der Waals surface area contributed by atoms with Gasteiger partial charge in [0.15, 0.2) is 5.03 Å². The SMILES string of the molecule is Cc1ccnc(Nc2cccc(S(=O)(=O)c3ccnc(N4CC(C)CC4(C)C)c3C(N)=O)n2)c1. The number of nitrogens with one attached hydrogen (secondary N) is 1. The van der Waals surface area contributed by atoms with Gasteiger partial charge in [-0.2, -0.15) is 0 Å². The van der Waals surface area contributed by atoms with E-state index in [0.717, 1.165) is 12.0 Å². The molecule has 9 nitrogen and oxygen atoms in total. The van der Waals surface area contributed by atoms with Crippen molar-refractivity contribution in [3.05, 3.63) is 59.9 Å². The highest BCUT2D eigenvalue weighted by molar-refractivity contribution is 7.91. The van der Waals surface area contributed by atoms with Crippen molar-refractivity contribution < 1.29 is 13.2 Å². The topological polar surface area (TPSA) is 131 Å². The third-order valence-corrected chi connectivity index (χ3v) is 7.62. The third-order valence-electron chi connectivity index (χ3n) is 5.93. The lowest BCUT2D eigenvalue weighted by Crippen LogP contribution is -2.40. The van der Waals surface area contributed by atoms with E-state index in [1.807, 2.05) is 37.8 Å². The monoisotopic (exact) mass is 480 g/mol. The quantitative estimate of drug-likeness (QED) is 0.548. The van der Waals surface area contributed by atoms with Crippen LogP contribution >= 0.6 is 0 Å². The lowest BCUT2D eigenvalue weighted by Gasteiger charge is -2.33. The Kier molecular flexibility index (Phi) is 6.03. The summed E-state index contributed by atoms with van der Waals surface area (Å²) in [7, 11) is -4.18. The van der Waals surface area contributed by atoms with E-state index >= 15 is 0 Å². The standard InChI is InChI=1S/C24H28N6O3S/c1-15-8-10-26-19(12-15)28-18-6-5-7-20(29-18)34(32,33)17-9-11-27-23(21(17)22(25)31)30-14-16(2)13-24(30,3)4/h5-12,16H,13-14H2,1-4H3,(H2,25,31)(H,26,28,29). The highest BCUT2D eigenvalue weighted by Gasteiger charge is 2.40. The molecule has 0 aliphatic carbocycles. The van der Waals surface area contributed by atoms with Crippen LogP contribution in [0.5, 0.6) is 0 Å². The molecule has 0 radical (unpaired) electrons. The summed E-state index contributed by atoms with van der Waals surface area (Å²) in [6, 6.07) is 9.59. The number of carbonyl (C=O) groups excluding carboxylic acids is 1. The van der Waals surface area contributed by atoms with Gasteiger partial charge >= 0.3 is 0 Å².